The largest absolute Gasteiger partial charge is 0.371 e. The number of likely N-dealkylation sites (tertiary alicyclic amines) is 3. The highest BCUT2D eigenvalue weighted by atomic mass is 16.5. The minimum Gasteiger partial charge on any atom is -0.371 e. The van der Waals surface area contributed by atoms with Crippen LogP contribution in [0.2, 0.25) is 0 Å². The Hall–Kier alpha value is -0.240. The lowest BCUT2D eigenvalue weighted by Gasteiger charge is -2.51. The summed E-state index contributed by atoms with van der Waals surface area (Å²) in [5, 5.41) is 0. The van der Waals surface area contributed by atoms with Crippen LogP contribution >= 0.6 is 0 Å². The maximum atomic E-state index is 7.30. The molecule has 0 aromatic rings. The molecule has 6 atom stereocenters. The number of ether oxygens (including phenoxy) is 3. The van der Waals surface area contributed by atoms with Gasteiger partial charge < -0.3 is 19.1 Å². The number of piperidine rings is 3. The second-order valence-electron chi connectivity index (χ2n) is 15.3. The Kier molecular flexibility index (Phi) is 8.22. The van der Waals surface area contributed by atoms with Crippen LogP contribution in [0.25, 0.3) is 0 Å². The first-order valence-electron chi connectivity index (χ1n) is 16.9. The van der Waals surface area contributed by atoms with Gasteiger partial charge in [-0.1, -0.05) is 0 Å². The Morgan fingerprint density at radius 3 is 1.95 bits per heavy atom. The van der Waals surface area contributed by atoms with Crippen molar-refractivity contribution in [3.63, 3.8) is 0 Å². The van der Waals surface area contributed by atoms with Gasteiger partial charge in [0.15, 0.2) is 0 Å². The second-order valence-corrected chi connectivity index (χ2v) is 15.3. The van der Waals surface area contributed by atoms with E-state index in [1.54, 1.807) is 0 Å². The fourth-order valence-electron chi connectivity index (χ4n) is 9.67. The quantitative estimate of drug-likeness (QED) is 0.442. The molecule has 0 aromatic heterocycles. The first kappa shape index (κ1) is 28.9. The molecule has 6 rings (SSSR count). The third-order valence-electron chi connectivity index (χ3n) is 11.9. The summed E-state index contributed by atoms with van der Waals surface area (Å²) in [5.74, 6) is 1.22. The molecule has 6 heterocycles. The summed E-state index contributed by atoms with van der Waals surface area (Å²) in [4.78, 5) is 8.03. The molecule has 3 spiro atoms. The van der Waals surface area contributed by atoms with E-state index in [1.165, 1.54) is 83.8 Å². The van der Waals surface area contributed by atoms with Crippen LogP contribution in [0, 0.1) is 11.8 Å². The van der Waals surface area contributed by atoms with Crippen molar-refractivity contribution >= 4 is 0 Å². The van der Waals surface area contributed by atoms with Gasteiger partial charge in [0.1, 0.15) is 5.72 Å². The summed E-state index contributed by atoms with van der Waals surface area (Å²) < 4.78 is 20.9. The Balaban J connectivity index is 1.12. The highest BCUT2D eigenvalue weighted by Gasteiger charge is 2.55. The first-order valence-corrected chi connectivity index (χ1v) is 16.9. The van der Waals surface area contributed by atoms with Gasteiger partial charge in [-0.2, -0.15) is 0 Å². The normalized spacial score (nSPS) is 42.4. The molecular weight excluding hydrogens is 486 g/mol. The maximum Gasteiger partial charge on any atom is 0.122 e. The van der Waals surface area contributed by atoms with Gasteiger partial charge in [0.05, 0.1) is 23.4 Å². The minimum absolute atomic E-state index is 0.0108. The van der Waals surface area contributed by atoms with Crippen molar-refractivity contribution in [2.75, 3.05) is 39.3 Å². The summed E-state index contributed by atoms with van der Waals surface area (Å²) >= 11 is 0. The van der Waals surface area contributed by atoms with Gasteiger partial charge >= 0.3 is 0 Å². The third-order valence-corrected chi connectivity index (χ3v) is 11.9. The molecule has 0 aliphatic carbocycles. The van der Waals surface area contributed by atoms with E-state index in [2.05, 4.69) is 56.2 Å². The molecule has 6 unspecified atom stereocenters. The molecule has 6 heteroatoms. The number of hydrogen-bond acceptors (Lipinski definition) is 6. The van der Waals surface area contributed by atoms with E-state index < -0.39 is 0 Å². The van der Waals surface area contributed by atoms with E-state index in [1.807, 2.05) is 0 Å². The highest BCUT2D eigenvalue weighted by molar-refractivity contribution is 5.05. The fraction of sp³-hybridized carbons (Fsp3) is 1.00. The van der Waals surface area contributed by atoms with E-state index in [4.69, 9.17) is 14.2 Å². The fourth-order valence-corrected chi connectivity index (χ4v) is 9.67. The zero-order chi connectivity index (χ0) is 27.4. The van der Waals surface area contributed by atoms with Crippen molar-refractivity contribution < 1.29 is 14.2 Å². The molecule has 6 nitrogen and oxygen atoms in total. The van der Waals surface area contributed by atoms with Gasteiger partial charge in [-0.3, -0.25) is 9.80 Å². The molecule has 0 N–H and O–H groups in total. The van der Waals surface area contributed by atoms with Crippen molar-refractivity contribution in [2.24, 2.45) is 11.8 Å². The predicted octanol–water partition coefficient (Wildman–Crippen LogP) is 5.68. The van der Waals surface area contributed by atoms with Crippen molar-refractivity contribution in [2.45, 2.75) is 159 Å². The minimum atomic E-state index is -0.0353. The highest BCUT2D eigenvalue weighted by Crippen LogP contribution is 2.50. The molecule has 0 bridgehead atoms. The SMILES string of the molecule is CC(C)N1CCC2(CCC(C3CN(C(C)C)CC4(CCC(C5CCN(C(C)C)C6(CCCO6)C5)O4)C3)O2)CC1. The van der Waals surface area contributed by atoms with Gasteiger partial charge in [0, 0.05) is 63.4 Å². The topological polar surface area (TPSA) is 37.4 Å². The molecule has 6 fully saturated rings. The average Bonchev–Trinajstić information content (AvgIpc) is 3.64. The number of hydrogen-bond donors (Lipinski definition) is 0. The zero-order valence-corrected chi connectivity index (χ0v) is 26.1. The molecule has 0 aromatic carbocycles. The average molecular weight is 546 g/mol. The smallest absolute Gasteiger partial charge is 0.122 e. The monoisotopic (exact) mass is 545 g/mol. The second kappa shape index (κ2) is 11.1. The number of nitrogens with zero attached hydrogens (tertiary/aromatic N) is 3. The van der Waals surface area contributed by atoms with Crippen molar-refractivity contribution in [3.8, 4) is 0 Å². The van der Waals surface area contributed by atoms with Crippen molar-refractivity contribution in [1.29, 1.82) is 0 Å². The lowest BCUT2D eigenvalue weighted by atomic mass is 9.79. The van der Waals surface area contributed by atoms with Gasteiger partial charge in [-0.25, -0.2) is 0 Å². The van der Waals surface area contributed by atoms with Crippen molar-refractivity contribution in [3.05, 3.63) is 0 Å². The zero-order valence-electron chi connectivity index (χ0n) is 26.1. The molecular formula is C33H59N3O3. The Morgan fingerprint density at radius 2 is 1.31 bits per heavy atom. The molecule has 6 aliphatic rings. The van der Waals surface area contributed by atoms with Crippen LogP contribution in [-0.2, 0) is 14.2 Å². The van der Waals surface area contributed by atoms with Gasteiger partial charge in [0.25, 0.3) is 0 Å². The lowest BCUT2D eigenvalue weighted by Crippen LogP contribution is -2.58. The maximum absolute atomic E-state index is 7.30. The van der Waals surface area contributed by atoms with Gasteiger partial charge in [-0.15, -0.1) is 0 Å². The van der Waals surface area contributed by atoms with Crippen LogP contribution in [0.5, 0.6) is 0 Å². The number of rotatable bonds is 5. The van der Waals surface area contributed by atoms with Crippen LogP contribution in [0.1, 0.15) is 112 Å². The molecule has 0 saturated carbocycles. The first-order chi connectivity index (χ1) is 18.6. The standard InChI is InChI=1S/C33H59N3O3/c1-24(2)34-17-14-31(15-18-34)12-8-30(38-31)28-20-32(23-35(22-28)25(3)4)13-9-29(39-32)27-10-16-36(26(5)6)33(21-27)11-7-19-37-33/h24-30H,7-23H2,1-6H3. The van der Waals surface area contributed by atoms with Crippen molar-refractivity contribution in [1.82, 2.24) is 14.7 Å². The summed E-state index contributed by atoms with van der Waals surface area (Å²) in [5.41, 5.74) is 0.117. The molecule has 224 valence electrons. The van der Waals surface area contributed by atoms with E-state index in [9.17, 15) is 0 Å². The molecule has 6 aliphatic heterocycles. The lowest BCUT2D eigenvalue weighted by molar-refractivity contribution is -0.192. The molecule has 0 radical (unpaired) electrons. The van der Waals surface area contributed by atoms with Crippen LogP contribution in [0.4, 0.5) is 0 Å². The summed E-state index contributed by atoms with van der Waals surface area (Å²) in [6.45, 7) is 20.9. The Bertz CT molecular complexity index is 834. The van der Waals surface area contributed by atoms with Crippen LogP contribution in [-0.4, -0.2) is 101 Å². The van der Waals surface area contributed by atoms with E-state index >= 15 is 0 Å². The molecule has 39 heavy (non-hydrogen) atoms. The van der Waals surface area contributed by atoms with Crippen LogP contribution in [0.15, 0.2) is 0 Å². The van der Waals surface area contributed by atoms with Crippen LogP contribution < -0.4 is 0 Å². The van der Waals surface area contributed by atoms with E-state index in [-0.39, 0.29) is 16.9 Å². The van der Waals surface area contributed by atoms with Gasteiger partial charge in [0.2, 0.25) is 0 Å². The van der Waals surface area contributed by atoms with E-state index in [0.29, 0.717) is 42.2 Å². The Morgan fingerprint density at radius 1 is 0.641 bits per heavy atom. The molecule has 6 saturated heterocycles. The van der Waals surface area contributed by atoms with Gasteiger partial charge in [-0.05, 0) is 118 Å². The Labute approximate surface area is 239 Å². The van der Waals surface area contributed by atoms with Crippen LogP contribution in [0.3, 0.4) is 0 Å². The summed E-state index contributed by atoms with van der Waals surface area (Å²) in [6, 6.07) is 1.75. The predicted molar refractivity (Wildman–Crippen MR) is 157 cm³/mol. The molecule has 0 amide bonds. The summed E-state index contributed by atoms with van der Waals surface area (Å²) in [7, 11) is 0. The van der Waals surface area contributed by atoms with E-state index in [0.717, 1.165) is 26.1 Å². The third kappa shape index (κ3) is 5.61. The summed E-state index contributed by atoms with van der Waals surface area (Å²) in [6.07, 6.45) is 14.2.